The second kappa shape index (κ2) is 2.96. The number of hydrogen-bond donors (Lipinski definition) is 0. The van der Waals surface area contributed by atoms with Gasteiger partial charge in [-0.25, -0.2) is 4.79 Å². The van der Waals surface area contributed by atoms with Crippen molar-refractivity contribution in [3.8, 4) is 0 Å². The second-order valence-electron chi connectivity index (χ2n) is 1.92. The number of hydrogen-bond acceptors (Lipinski definition) is 3. The zero-order valence-corrected chi connectivity index (χ0v) is 6.24. The molecule has 0 saturated carbocycles. The van der Waals surface area contributed by atoms with E-state index in [1.165, 1.54) is 0 Å². The molecule has 0 amide bonds. The molecule has 0 aromatic rings. The second-order valence-corrected chi connectivity index (χ2v) is 2.68. The van der Waals surface area contributed by atoms with Crippen molar-refractivity contribution in [3.05, 3.63) is 0 Å². The van der Waals surface area contributed by atoms with Crippen LogP contribution in [0.5, 0.6) is 0 Å². The molecule has 1 unspecified atom stereocenters. The first-order chi connectivity index (χ1) is 4.42. The molecule has 3 nitrogen and oxygen atoms in total. The van der Waals surface area contributed by atoms with Crippen LogP contribution in [0.25, 0.3) is 0 Å². The summed E-state index contributed by atoms with van der Waals surface area (Å²) in [5, 5.41) is 0. The van der Waals surface area contributed by atoms with Crippen LogP contribution < -0.4 is 0 Å². The number of ketones is 1. The molecule has 0 rings (SSSR count). The van der Waals surface area contributed by atoms with Gasteiger partial charge in [0.25, 0.3) is 0 Å². The summed E-state index contributed by atoms with van der Waals surface area (Å²) in [5.41, 5.74) is 0. The highest BCUT2D eigenvalue weighted by atomic mass is 35.5. The topological polar surface area (TPSA) is 43.4 Å². The van der Waals surface area contributed by atoms with Gasteiger partial charge in [0.2, 0.25) is 0 Å². The first-order valence-electron chi connectivity index (χ1n) is 2.46. The fourth-order valence-electron chi connectivity index (χ4n) is 0.216. The summed E-state index contributed by atoms with van der Waals surface area (Å²) in [4.78, 5) is 21.7. The molecule has 0 aromatic carbocycles. The molecular weight excluding hydrogens is 163 g/mol. The summed E-state index contributed by atoms with van der Waals surface area (Å²) in [5.74, 6) is -2.04. The van der Waals surface area contributed by atoms with Crippen molar-refractivity contribution in [1.82, 2.24) is 0 Å². The zero-order valence-electron chi connectivity index (χ0n) is 5.48. The highest BCUT2D eigenvalue weighted by Gasteiger charge is 2.38. The summed E-state index contributed by atoms with van der Waals surface area (Å²) in [6.07, 6.45) is 0. The molecule has 0 aliphatic rings. The van der Waals surface area contributed by atoms with Crippen molar-refractivity contribution in [2.45, 2.75) is 18.7 Å². The highest BCUT2D eigenvalue weighted by molar-refractivity contribution is 6.45. The van der Waals surface area contributed by atoms with Crippen molar-refractivity contribution >= 4 is 23.4 Å². The van der Waals surface area contributed by atoms with Gasteiger partial charge in [0, 0.05) is 4.53 Å². The molecule has 0 spiro atoms. The number of rotatable bonds is 2. The van der Waals surface area contributed by atoms with Crippen molar-refractivity contribution in [2.75, 3.05) is 0 Å². The molecule has 10 heavy (non-hydrogen) atoms. The van der Waals surface area contributed by atoms with E-state index < -0.39 is 16.6 Å². The van der Waals surface area contributed by atoms with Crippen LogP contribution in [0.15, 0.2) is 0 Å². The van der Waals surface area contributed by atoms with E-state index in [1.807, 2.05) is 0 Å². The quantitative estimate of drug-likeness (QED) is 0.456. The third-order valence-electron chi connectivity index (χ3n) is 1.11. The van der Waals surface area contributed by atoms with Gasteiger partial charge in [-0.3, -0.25) is 9.74 Å². The molecule has 0 heterocycles. The lowest BCUT2D eigenvalue weighted by Gasteiger charge is -2.11. The minimum Gasteiger partial charge on any atom is -0.297 e. The Morgan fingerprint density at radius 3 is 2.10 bits per heavy atom. The maximum Gasteiger partial charge on any atom is 0.376 e. The van der Waals surface area contributed by atoms with E-state index in [-0.39, 0.29) is 0 Å². The molecule has 0 N–H and O–H groups in total. The molecule has 0 radical (unpaired) electrons. The molecule has 0 bridgehead atoms. The Balaban J connectivity index is 4.40. The fourth-order valence-corrected chi connectivity index (χ4v) is 0.245. The fraction of sp³-hybridized carbons (Fsp3) is 0.600. The van der Waals surface area contributed by atoms with Crippen LogP contribution in [0, 0.1) is 0 Å². The van der Waals surface area contributed by atoms with E-state index in [4.69, 9.17) is 11.6 Å². The van der Waals surface area contributed by atoms with Gasteiger partial charge in [-0.2, -0.15) is 0 Å². The SMILES string of the molecule is CC(=O)C(C)(Cl)C(=O)OF. The predicted octanol–water partition coefficient (Wildman–Crippen LogP) is 1.00. The summed E-state index contributed by atoms with van der Waals surface area (Å²) >= 11 is 5.26. The summed E-state index contributed by atoms with van der Waals surface area (Å²) < 4.78 is 11.2. The Bertz CT molecular complexity index is 166. The molecular formula is C5H6ClFO3. The minimum atomic E-state index is -1.89. The molecule has 0 fully saturated rings. The van der Waals surface area contributed by atoms with Crippen LogP contribution in [0.1, 0.15) is 13.8 Å². The normalized spacial score (nSPS) is 15.6. The van der Waals surface area contributed by atoms with Crippen LogP contribution in [0.3, 0.4) is 0 Å². The third kappa shape index (κ3) is 1.67. The molecule has 0 aliphatic carbocycles. The first kappa shape index (κ1) is 9.36. The van der Waals surface area contributed by atoms with E-state index in [2.05, 4.69) is 4.94 Å². The minimum absolute atomic E-state index is 0.656. The van der Waals surface area contributed by atoms with E-state index in [1.54, 1.807) is 0 Å². The van der Waals surface area contributed by atoms with Crippen molar-refractivity contribution < 1.29 is 19.1 Å². The Morgan fingerprint density at radius 1 is 1.60 bits per heavy atom. The lowest BCUT2D eigenvalue weighted by Crippen LogP contribution is -2.36. The van der Waals surface area contributed by atoms with Gasteiger partial charge < -0.3 is 0 Å². The number of carbonyl (C=O) groups is 2. The molecule has 0 aliphatic heterocycles. The van der Waals surface area contributed by atoms with Gasteiger partial charge in [0.05, 0.1) is 0 Å². The number of alkyl halides is 1. The number of halogens is 2. The highest BCUT2D eigenvalue weighted by Crippen LogP contribution is 2.17. The van der Waals surface area contributed by atoms with Gasteiger partial charge in [0.15, 0.2) is 10.7 Å². The Hall–Kier alpha value is -0.640. The van der Waals surface area contributed by atoms with Gasteiger partial charge in [0.1, 0.15) is 0 Å². The number of Topliss-reactive ketones (excluding diaryl/α,β-unsaturated/α-hetero) is 1. The van der Waals surface area contributed by atoms with Gasteiger partial charge in [-0.05, 0) is 13.8 Å². The molecule has 0 aromatic heterocycles. The van der Waals surface area contributed by atoms with Crippen molar-refractivity contribution in [2.24, 2.45) is 0 Å². The maximum atomic E-state index is 11.2. The van der Waals surface area contributed by atoms with Gasteiger partial charge >= 0.3 is 5.97 Å². The van der Waals surface area contributed by atoms with Gasteiger partial charge in [-0.1, -0.05) is 11.6 Å². The smallest absolute Gasteiger partial charge is 0.297 e. The maximum absolute atomic E-state index is 11.2. The monoisotopic (exact) mass is 168 g/mol. The molecule has 58 valence electrons. The van der Waals surface area contributed by atoms with Gasteiger partial charge in [-0.15, -0.1) is 0 Å². The van der Waals surface area contributed by atoms with Crippen LogP contribution in [-0.4, -0.2) is 16.6 Å². The standard InChI is InChI=1S/C5H6ClFO3/c1-3(8)5(2,6)4(9)10-7/h1-2H3. The average Bonchev–Trinajstić information content (AvgIpc) is 1.86. The van der Waals surface area contributed by atoms with E-state index >= 15 is 0 Å². The van der Waals surface area contributed by atoms with Crippen LogP contribution in [0.4, 0.5) is 4.53 Å². The third-order valence-corrected chi connectivity index (χ3v) is 1.54. The molecule has 0 saturated heterocycles. The summed E-state index contributed by atoms with van der Waals surface area (Å²) in [6.45, 7) is 2.14. The Kier molecular flexibility index (Phi) is 2.77. The predicted molar refractivity (Wildman–Crippen MR) is 32.1 cm³/mol. The lowest BCUT2D eigenvalue weighted by molar-refractivity contribution is -0.186. The summed E-state index contributed by atoms with van der Waals surface area (Å²) in [7, 11) is 0. The Morgan fingerprint density at radius 2 is 2.00 bits per heavy atom. The number of carbonyl (C=O) groups excluding carboxylic acids is 2. The molecule has 1 atom stereocenters. The van der Waals surface area contributed by atoms with E-state index in [9.17, 15) is 14.1 Å². The van der Waals surface area contributed by atoms with Crippen molar-refractivity contribution in [3.63, 3.8) is 0 Å². The van der Waals surface area contributed by atoms with Crippen LogP contribution in [0.2, 0.25) is 0 Å². The van der Waals surface area contributed by atoms with E-state index in [0.717, 1.165) is 13.8 Å². The van der Waals surface area contributed by atoms with Crippen LogP contribution in [-0.2, 0) is 14.5 Å². The first-order valence-corrected chi connectivity index (χ1v) is 2.83. The zero-order chi connectivity index (χ0) is 8.36. The summed E-state index contributed by atoms with van der Waals surface area (Å²) in [6, 6.07) is 0. The molecule has 5 heteroatoms. The van der Waals surface area contributed by atoms with Crippen molar-refractivity contribution in [1.29, 1.82) is 0 Å². The lowest BCUT2D eigenvalue weighted by atomic mass is 10.1. The Labute approximate surface area is 62.0 Å². The van der Waals surface area contributed by atoms with Crippen LogP contribution >= 0.6 is 11.6 Å². The van der Waals surface area contributed by atoms with E-state index in [0.29, 0.717) is 0 Å². The largest absolute Gasteiger partial charge is 0.376 e. The average molecular weight is 169 g/mol.